The molecule has 9 heteroatoms. The summed E-state index contributed by atoms with van der Waals surface area (Å²) >= 11 is 0. The van der Waals surface area contributed by atoms with Gasteiger partial charge in [-0.1, -0.05) is 0 Å². The second kappa shape index (κ2) is 5.45. The van der Waals surface area contributed by atoms with Gasteiger partial charge in [-0.25, -0.2) is 0 Å². The number of hydrogen-bond acceptors (Lipinski definition) is 9. The summed E-state index contributed by atoms with van der Waals surface area (Å²) in [5.41, 5.74) is 0. The van der Waals surface area contributed by atoms with Crippen LogP contribution in [0.15, 0.2) is 0 Å². The minimum absolute atomic E-state index is 0.852. The molecular formula is C9H15O9-. The summed E-state index contributed by atoms with van der Waals surface area (Å²) in [6.07, 6.45) is -9.71. The molecule has 0 aliphatic carbocycles. The zero-order chi connectivity index (χ0) is 14.1. The van der Waals surface area contributed by atoms with Crippen LogP contribution in [-0.4, -0.2) is 79.5 Å². The molecule has 18 heavy (non-hydrogen) atoms. The van der Waals surface area contributed by atoms with Crippen molar-refractivity contribution in [3.8, 4) is 0 Å². The summed E-state index contributed by atoms with van der Waals surface area (Å²) in [6.45, 7) is -0.881. The number of aliphatic hydroxyl groups excluding tert-OH is 5. The Morgan fingerprint density at radius 1 is 1.44 bits per heavy atom. The highest BCUT2D eigenvalue weighted by molar-refractivity contribution is 5.73. The fourth-order valence-corrected chi connectivity index (χ4v) is 1.70. The van der Waals surface area contributed by atoms with Gasteiger partial charge >= 0.3 is 0 Å². The maximum Gasteiger partial charge on any atom is 0.210 e. The van der Waals surface area contributed by atoms with E-state index in [1.54, 1.807) is 0 Å². The molecule has 0 aromatic heterocycles. The molecule has 0 unspecified atom stereocenters. The SMILES string of the molecule is O=C([O-])[C@]1(O)C[C@H](O)[C@@H](O)[C@H]([C@H](O)[C@H](O)CO)O1. The van der Waals surface area contributed by atoms with Crippen LogP contribution in [0.2, 0.25) is 0 Å². The van der Waals surface area contributed by atoms with Crippen molar-refractivity contribution in [3.05, 3.63) is 0 Å². The molecule has 6 atom stereocenters. The van der Waals surface area contributed by atoms with Crippen LogP contribution in [-0.2, 0) is 9.53 Å². The van der Waals surface area contributed by atoms with Crippen molar-refractivity contribution < 1.29 is 45.3 Å². The number of carboxylic acids is 1. The number of aliphatic hydroxyl groups is 6. The molecule has 106 valence electrons. The van der Waals surface area contributed by atoms with E-state index in [1.807, 2.05) is 0 Å². The number of carboxylic acid groups (broad SMARTS) is 1. The van der Waals surface area contributed by atoms with E-state index in [2.05, 4.69) is 4.74 Å². The van der Waals surface area contributed by atoms with Gasteiger partial charge in [0.15, 0.2) is 0 Å². The molecule has 1 saturated heterocycles. The minimum Gasteiger partial charge on any atom is -0.544 e. The Morgan fingerprint density at radius 3 is 2.44 bits per heavy atom. The fraction of sp³-hybridized carbons (Fsp3) is 0.889. The van der Waals surface area contributed by atoms with Crippen LogP contribution < -0.4 is 5.11 Å². The topological polar surface area (TPSA) is 171 Å². The van der Waals surface area contributed by atoms with E-state index in [0.717, 1.165) is 0 Å². The van der Waals surface area contributed by atoms with Gasteiger partial charge in [-0.15, -0.1) is 0 Å². The Hall–Kier alpha value is -0.810. The van der Waals surface area contributed by atoms with Gasteiger partial charge in [0, 0.05) is 6.42 Å². The smallest absolute Gasteiger partial charge is 0.210 e. The van der Waals surface area contributed by atoms with Crippen molar-refractivity contribution in [2.24, 2.45) is 0 Å². The third-order valence-corrected chi connectivity index (χ3v) is 2.78. The van der Waals surface area contributed by atoms with E-state index in [1.165, 1.54) is 0 Å². The van der Waals surface area contributed by atoms with Gasteiger partial charge in [0.2, 0.25) is 5.79 Å². The number of hydrogen-bond donors (Lipinski definition) is 6. The van der Waals surface area contributed by atoms with E-state index >= 15 is 0 Å². The van der Waals surface area contributed by atoms with Gasteiger partial charge < -0.3 is 45.3 Å². The maximum atomic E-state index is 10.7. The highest BCUT2D eigenvalue weighted by Gasteiger charge is 2.49. The monoisotopic (exact) mass is 267 g/mol. The first kappa shape index (κ1) is 15.2. The molecule has 0 saturated carbocycles. The third kappa shape index (κ3) is 2.78. The highest BCUT2D eigenvalue weighted by Crippen LogP contribution is 2.29. The molecule has 9 nitrogen and oxygen atoms in total. The predicted octanol–water partition coefficient (Wildman–Crippen LogP) is -5.35. The molecule has 1 aliphatic rings. The van der Waals surface area contributed by atoms with Crippen LogP contribution in [0.25, 0.3) is 0 Å². The molecule has 0 radical (unpaired) electrons. The van der Waals surface area contributed by atoms with E-state index in [9.17, 15) is 35.4 Å². The normalized spacial score (nSPS) is 40.2. The molecule has 1 heterocycles. The van der Waals surface area contributed by atoms with Crippen LogP contribution in [0.3, 0.4) is 0 Å². The Morgan fingerprint density at radius 2 is 2.00 bits per heavy atom. The molecule has 6 N–H and O–H groups in total. The van der Waals surface area contributed by atoms with Gasteiger partial charge in [0.05, 0.1) is 12.7 Å². The first-order valence-electron chi connectivity index (χ1n) is 5.17. The molecule has 0 aromatic carbocycles. The first-order chi connectivity index (χ1) is 8.23. The van der Waals surface area contributed by atoms with E-state index in [0.29, 0.717) is 0 Å². The lowest BCUT2D eigenvalue weighted by molar-refractivity contribution is -0.380. The van der Waals surface area contributed by atoms with Crippen molar-refractivity contribution in [1.29, 1.82) is 0 Å². The Kier molecular flexibility index (Phi) is 4.61. The molecule has 1 aliphatic heterocycles. The van der Waals surface area contributed by atoms with Gasteiger partial charge in [0.1, 0.15) is 30.4 Å². The van der Waals surface area contributed by atoms with Gasteiger partial charge in [-0.05, 0) is 0 Å². The average Bonchev–Trinajstić information content (AvgIpc) is 2.31. The summed E-state index contributed by atoms with van der Waals surface area (Å²) in [4.78, 5) is 10.7. The lowest BCUT2D eigenvalue weighted by atomic mass is 9.91. The third-order valence-electron chi connectivity index (χ3n) is 2.78. The second-order valence-electron chi connectivity index (χ2n) is 4.16. The van der Waals surface area contributed by atoms with Gasteiger partial charge in [-0.2, -0.15) is 0 Å². The number of aliphatic carboxylic acids is 1. The van der Waals surface area contributed by atoms with Crippen LogP contribution in [0.1, 0.15) is 6.42 Å². The molecule has 0 bridgehead atoms. The standard InChI is InChI=1S/C9H16O9/c10-2-4(12)6(14)7-5(13)3(11)1-9(17,18-7)8(15)16/h3-7,10-14,17H,1-2H2,(H,15,16)/p-1/t3-,4+,5+,6+,7+,9-/m0/s1. The van der Waals surface area contributed by atoms with Crippen molar-refractivity contribution >= 4 is 5.97 Å². The lowest BCUT2D eigenvalue weighted by Gasteiger charge is -2.44. The quantitative estimate of drug-likeness (QED) is 0.291. The summed E-state index contributed by atoms with van der Waals surface area (Å²) < 4.78 is 4.57. The molecular weight excluding hydrogens is 252 g/mol. The molecule has 0 spiro atoms. The van der Waals surface area contributed by atoms with E-state index < -0.39 is 55.3 Å². The zero-order valence-electron chi connectivity index (χ0n) is 9.21. The Bertz CT molecular complexity index is 308. The summed E-state index contributed by atoms with van der Waals surface area (Å²) in [5, 5.41) is 66.4. The molecule has 1 rings (SSSR count). The average molecular weight is 267 g/mol. The predicted molar refractivity (Wildman–Crippen MR) is 50.6 cm³/mol. The van der Waals surface area contributed by atoms with Crippen LogP contribution in [0.4, 0.5) is 0 Å². The molecule has 0 aromatic rings. The molecule has 1 fully saturated rings. The van der Waals surface area contributed by atoms with Crippen LogP contribution in [0, 0.1) is 0 Å². The minimum atomic E-state index is -2.89. The zero-order valence-corrected chi connectivity index (χ0v) is 9.21. The van der Waals surface area contributed by atoms with Gasteiger partial charge in [0.25, 0.3) is 0 Å². The summed E-state index contributed by atoms with van der Waals surface area (Å²) in [6, 6.07) is 0. The number of ether oxygens (including phenoxy) is 1. The van der Waals surface area contributed by atoms with E-state index in [4.69, 9.17) is 5.11 Å². The van der Waals surface area contributed by atoms with Crippen molar-refractivity contribution in [2.75, 3.05) is 6.61 Å². The fourth-order valence-electron chi connectivity index (χ4n) is 1.70. The van der Waals surface area contributed by atoms with Crippen molar-refractivity contribution in [1.82, 2.24) is 0 Å². The van der Waals surface area contributed by atoms with Crippen molar-refractivity contribution in [2.45, 2.75) is 42.7 Å². The van der Waals surface area contributed by atoms with Crippen molar-refractivity contribution in [3.63, 3.8) is 0 Å². The summed E-state index contributed by atoms with van der Waals surface area (Å²) in [5.74, 6) is -4.94. The Labute approximate surface area is 101 Å². The first-order valence-corrected chi connectivity index (χ1v) is 5.17. The number of carbonyl (C=O) groups excluding carboxylic acids is 1. The maximum absolute atomic E-state index is 10.7. The molecule has 0 amide bonds. The number of carbonyl (C=O) groups is 1. The number of rotatable bonds is 4. The summed E-state index contributed by atoms with van der Waals surface area (Å²) in [7, 11) is 0. The Balaban J connectivity index is 2.92. The highest BCUT2D eigenvalue weighted by atomic mass is 16.7. The van der Waals surface area contributed by atoms with Crippen LogP contribution in [0.5, 0.6) is 0 Å². The van der Waals surface area contributed by atoms with Gasteiger partial charge in [-0.3, -0.25) is 0 Å². The van der Waals surface area contributed by atoms with Crippen LogP contribution >= 0.6 is 0 Å². The van der Waals surface area contributed by atoms with E-state index in [-0.39, 0.29) is 0 Å². The largest absolute Gasteiger partial charge is 0.544 e. The lowest BCUT2D eigenvalue weighted by Crippen LogP contribution is -2.65. The second-order valence-corrected chi connectivity index (χ2v) is 4.16.